The molecule has 2 N–H and O–H groups in total. The molecular weight excluding hydrogens is 283 g/mol. The monoisotopic (exact) mass is 294 g/mol. The first-order valence-electron chi connectivity index (χ1n) is 5.57. The Hall–Kier alpha value is -2.24. The van der Waals surface area contributed by atoms with Gasteiger partial charge in [-0.15, -0.1) is 0 Å². The molecule has 0 atom stereocenters. The summed E-state index contributed by atoms with van der Waals surface area (Å²) in [4.78, 5) is 0. The largest absolute Gasteiger partial charge is 0.256 e. The Labute approximate surface area is 115 Å². The highest BCUT2D eigenvalue weighted by atomic mass is 32.2. The van der Waals surface area contributed by atoms with E-state index >= 15 is 0 Å². The van der Waals surface area contributed by atoms with Gasteiger partial charge in [-0.05, 0) is 24.6 Å². The fraction of sp³-hybridized carbons (Fsp3) is 0.167. The number of halogens is 1. The van der Waals surface area contributed by atoms with Gasteiger partial charge in [-0.3, -0.25) is 0 Å². The molecule has 0 aliphatic rings. The molecule has 2 aromatic rings. The number of aryl methyl sites for hydroxylation is 1. The number of hydrogen-bond donors (Lipinski definition) is 1. The van der Waals surface area contributed by atoms with E-state index in [9.17, 15) is 12.8 Å². The number of sulfonamides is 1. The summed E-state index contributed by atoms with van der Waals surface area (Å²) in [5.41, 5.74) is 0.679. The van der Waals surface area contributed by atoms with Crippen LogP contribution in [0.1, 0.15) is 16.8 Å². The van der Waals surface area contributed by atoms with Crippen molar-refractivity contribution in [2.24, 2.45) is 5.14 Å². The van der Waals surface area contributed by atoms with Gasteiger partial charge < -0.3 is 0 Å². The minimum Gasteiger partial charge on any atom is -0.247 e. The lowest BCUT2D eigenvalue weighted by molar-refractivity contribution is 0.561. The standard InChI is InChI=1S/C12H11FN4O2S/c1-8-11(6-14)12(20(15,18)19)17(16-8)7-9-3-2-4-10(13)5-9/h2-5H,7H2,1H3,(H2,15,18,19). The average Bonchev–Trinajstić information content (AvgIpc) is 2.64. The molecule has 1 heterocycles. The zero-order valence-corrected chi connectivity index (χ0v) is 11.4. The maximum absolute atomic E-state index is 13.1. The maximum Gasteiger partial charge on any atom is 0.256 e. The molecule has 0 radical (unpaired) electrons. The minimum absolute atomic E-state index is 0.00600. The summed E-state index contributed by atoms with van der Waals surface area (Å²) in [6.07, 6.45) is 0. The summed E-state index contributed by atoms with van der Waals surface area (Å²) >= 11 is 0. The van der Waals surface area contributed by atoms with Crippen molar-refractivity contribution in [1.82, 2.24) is 9.78 Å². The van der Waals surface area contributed by atoms with E-state index in [1.165, 1.54) is 25.1 Å². The van der Waals surface area contributed by atoms with E-state index in [0.29, 0.717) is 5.56 Å². The highest BCUT2D eigenvalue weighted by molar-refractivity contribution is 7.89. The van der Waals surface area contributed by atoms with Gasteiger partial charge in [-0.25, -0.2) is 22.6 Å². The second-order valence-corrected chi connectivity index (χ2v) is 5.69. The first-order chi connectivity index (χ1) is 9.32. The zero-order valence-electron chi connectivity index (χ0n) is 10.5. The summed E-state index contributed by atoms with van der Waals surface area (Å²) in [5, 5.41) is 17.7. The van der Waals surface area contributed by atoms with Crippen molar-refractivity contribution in [2.75, 3.05) is 0 Å². The topological polar surface area (TPSA) is 102 Å². The van der Waals surface area contributed by atoms with Crippen molar-refractivity contribution < 1.29 is 12.8 Å². The van der Waals surface area contributed by atoms with Crippen LogP contribution in [0.3, 0.4) is 0 Å². The average molecular weight is 294 g/mol. The summed E-state index contributed by atoms with van der Waals surface area (Å²) in [5.74, 6) is -0.441. The Morgan fingerprint density at radius 1 is 1.50 bits per heavy atom. The Kier molecular flexibility index (Phi) is 3.57. The quantitative estimate of drug-likeness (QED) is 0.908. The number of primary sulfonamides is 1. The Morgan fingerprint density at radius 2 is 2.20 bits per heavy atom. The van der Waals surface area contributed by atoms with Crippen molar-refractivity contribution >= 4 is 10.0 Å². The molecule has 0 aliphatic carbocycles. The summed E-state index contributed by atoms with van der Waals surface area (Å²) in [6.45, 7) is 1.52. The highest BCUT2D eigenvalue weighted by Crippen LogP contribution is 2.18. The zero-order chi connectivity index (χ0) is 14.9. The van der Waals surface area contributed by atoms with Crippen LogP contribution in [0.5, 0.6) is 0 Å². The fourth-order valence-corrected chi connectivity index (χ4v) is 2.77. The molecule has 104 valence electrons. The smallest absolute Gasteiger partial charge is 0.247 e. The van der Waals surface area contributed by atoms with Crippen LogP contribution in [0.2, 0.25) is 0 Å². The molecule has 8 heteroatoms. The predicted octanol–water partition coefficient (Wildman–Crippen LogP) is 0.898. The van der Waals surface area contributed by atoms with Crippen molar-refractivity contribution in [1.29, 1.82) is 5.26 Å². The molecule has 0 aliphatic heterocycles. The number of benzene rings is 1. The SMILES string of the molecule is Cc1nn(Cc2cccc(F)c2)c(S(N)(=O)=O)c1C#N. The second-order valence-electron chi connectivity index (χ2n) is 4.21. The number of nitrogens with zero attached hydrogens (tertiary/aromatic N) is 3. The summed E-state index contributed by atoms with van der Waals surface area (Å²) < 4.78 is 37.4. The first kappa shape index (κ1) is 14.2. The van der Waals surface area contributed by atoms with Gasteiger partial charge in [0, 0.05) is 0 Å². The fourth-order valence-electron chi connectivity index (χ4n) is 1.89. The van der Waals surface area contributed by atoms with E-state index < -0.39 is 15.8 Å². The molecule has 0 saturated carbocycles. The predicted molar refractivity (Wildman–Crippen MR) is 68.6 cm³/mol. The third-order valence-electron chi connectivity index (χ3n) is 2.68. The second kappa shape index (κ2) is 5.03. The highest BCUT2D eigenvalue weighted by Gasteiger charge is 2.24. The molecule has 1 aromatic carbocycles. The van der Waals surface area contributed by atoms with E-state index in [-0.39, 0.29) is 22.8 Å². The van der Waals surface area contributed by atoms with Crippen molar-refractivity contribution in [3.63, 3.8) is 0 Å². The van der Waals surface area contributed by atoms with Crippen molar-refractivity contribution in [3.05, 3.63) is 46.9 Å². The van der Waals surface area contributed by atoms with Gasteiger partial charge in [-0.1, -0.05) is 12.1 Å². The lowest BCUT2D eigenvalue weighted by atomic mass is 10.2. The van der Waals surface area contributed by atoms with Gasteiger partial charge in [0.05, 0.1) is 12.2 Å². The van der Waals surface area contributed by atoms with Crippen LogP contribution in [-0.4, -0.2) is 18.2 Å². The molecular formula is C12H11FN4O2S. The van der Waals surface area contributed by atoms with Crippen LogP contribution in [-0.2, 0) is 16.6 Å². The minimum atomic E-state index is -4.10. The third-order valence-corrected chi connectivity index (χ3v) is 3.64. The van der Waals surface area contributed by atoms with Crippen LogP contribution in [0.15, 0.2) is 29.3 Å². The van der Waals surface area contributed by atoms with Gasteiger partial charge in [0.15, 0.2) is 5.03 Å². The Balaban J connectivity index is 2.56. The molecule has 0 amide bonds. The Morgan fingerprint density at radius 3 is 2.75 bits per heavy atom. The molecule has 0 spiro atoms. The third kappa shape index (κ3) is 2.68. The number of rotatable bonds is 3. The molecule has 6 nitrogen and oxygen atoms in total. The van der Waals surface area contributed by atoms with E-state index in [0.717, 1.165) is 4.68 Å². The van der Waals surface area contributed by atoms with Crippen LogP contribution < -0.4 is 5.14 Å². The molecule has 0 fully saturated rings. The van der Waals surface area contributed by atoms with Gasteiger partial charge in [0.1, 0.15) is 17.4 Å². The molecule has 2 rings (SSSR count). The number of nitriles is 1. The van der Waals surface area contributed by atoms with E-state index in [4.69, 9.17) is 10.4 Å². The number of nitrogens with two attached hydrogens (primary N) is 1. The molecule has 0 bridgehead atoms. The molecule has 0 unspecified atom stereocenters. The summed E-state index contributed by atoms with van der Waals surface area (Å²) in [6, 6.07) is 7.44. The molecule has 1 aromatic heterocycles. The Bertz CT molecular complexity index is 805. The van der Waals surface area contributed by atoms with Gasteiger partial charge >= 0.3 is 0 Å². The van der Waals surface area contributed by atoms with Crippen LogP contribution in [0.4, 0.5) is 4.39 Å². The lowest BCUT2D eigenvalue weighted by Crippen LogP contribution is -2.19. The van der Waals surface area contributed by atoms with Crippen molar-refractivity contribution in [2.45, 2.75) is 18.5 Å². The lowest BCUT2D eigenvalue weighted by Gasteiger charge is -2.06. The van der Waals surface area contributed by atoms with E-state index in [2.05, 4.69) is 5.10 Å². The van der Waals surface area contributed by atoms with E-state index in [1.54, 1.807) is 12.1 Å². The first-order valence-corrected chi connectivity index (χ1v) is 7.12. The van der Waals surface area contributed by atoms with Gasteiger partial charge in [0.25, 0.3) is 10.0 Å². The van der Waals surface area contributed by atoms with Crippen LogP contribution in [0.25, 0.3) is 0 Å². The van der Waals surface area contributed by atoms with Gasteiger partial charge in [-0.2, -0.15) is 10.4 Å². The number of aromatic nitrogens is 2. The molecule has 20 heavy (non-hydrogen) atoms. The van der Waals surface area contributed by atoms with Crippen LogP contribution in [0, 0.1) is 24.1 Å². The number of hydrogen-bond acceptors (Lipinski definition) is 4. The maximum atomic E-state index is 13.1. The summed E-state index contributed by atoms with van der Waals surface area (Å²) in [7, 11) is -4.10. The van der Waals surface area contributed by atoms with Gasteiger partial charge in [0.2, 0.25) is 0 Å². The van der Waals surface area contributed by atoms with E-state index in [1.807, 2.05) is 0 Å². The van der Waals surface area contributed by atoms with Crippen molar-refractivity contribution in [3.8, 4) is 6.07 Å². The normalized spacial score (nSPS) is 11.3. The molecule has 0 saturated heterocycles. The van der Waals surface area contributed by atoms with Crippen LogP contribution >= 0.6 is 0 Å².